The van der Waals surface area contributed by atoms with Crippen LogP contribution in [0.4, 0.5) is 0 Å². The van der Waals surface area contributed by atoms with Gasteiger partial charge in [-0.05, 0) is 0 Å². The molecule has 2 bridgehead atoms. The summed E-state index contributed by atoms with van der Waals surface area (Å²) in [6, 6.07) is 0. The molecular weight excluding hydrogens is 580 g/mol. The Morgan fingerprint density at radius 2 is 1.67 bits per heavy atom. The molecule has 3 aliphatic carbocycles. The zero-order chi connectivity index (χ0) is 19.9. The molecule has 1 saturated heterocycles. The molecule has 0 amide bonds. The van der Waals surface area contributed by atoms with Crippen LogP contribution < -0.4 is 25.0 Å². The van der Waals surface area contributed by atoms with Gasteiger partial charge in [0.05, 0.1) is 0 Å². The third-order valence-electron chi connectivity index (χ3n) is 6.27. The first-order valence-electron chi connectivity index (χ1n) is 9.05. The Bertz CT molecular complexity index is 735. The Morgan fingerprint density at radius 3 is 2.22 bits per heavy atom. The number of halogens is 2. The second kappa shape index (κ2) is 5.93. The monoisotopic (exact) mass is 604 g/mol. The molecule has 9 heteroatoms. The van der Waals surface area contributed by atoms with Gasteiger partial charge in [-0.1, -0.05) is 0 Å². The van der Waals surface area contributed by atoms with Gasteiger partial charge in [0.25, 0.3) is 0 Å². The number of carbonyl (C=O) groups excluding carboxylic acids is 3. The summed E-state index contributed by atoms with van der Waals surface area (Å²) in [5.41, 5.74) is -2.35. The van der Waals surface area contributed by atoms with Crippen LogP contribution in [0.2, 0.25) is 0 Å². The molecule has 0 aromatic carbocycles. The number of nitrogens with one attached hydrogen (secondary N) is 1. The van der Waals surface area contributed by atoms with Gasteiger partial charge >= 0.3 is 184 Å². The van der Waals surface area contributed by atoms with Crippen LogP contribution in [0.25, 0.3) is 0 Å². The first-order valence-corrected chi connectivity index (χ1v) is 12.4. The topological polar surface area (TPSA) is 101 Å². The molecule has 0 aromatic rings. The van der Waals surface area contributed by atoms with Crippen molar-refractivity contribution in [1.82, 2.24) is 3.53 Å². The second-order valence-corrected chi connectivity index (χ2v) is 13.8. The molecule has 6 unspecified atom stereocenters. The third-order valence-corrected chi connectivity index (χ3v) is 11.0. The van der Waals surface area contributed by atoms with Crippen LogP contribution in [-0.2, 0) is 28.6 Å². The van der Waals surface area contributed by atoms with Gasteiger partial charge in [0.15, 0.2) is 0 Å². The number of alkyl halides is 2. The van der Waals surface area contributed by atoms with E-state index in [4.69, 9.17) is 14.2 Å². The van der Waals surface area contributed by atoms with Crippen LogP contribution in [0, 0.1) is 5.41 Å². The van der Waals surface area contributed by atoms with E-state index in [0.717, 1.165) is 6.42 Å². The molecule has 4 rings (SSSR count). The van der Waals surface area contributed by atoms with E-state index in [2.05, 4.69) is 26.1 Å². The van der Waals surface area contributed by atoms with Gasteiger partial charge in [-0.25, -0.2) is 0 Å². The number of carbonyl (C=O) groups is 3. The van der Waals surface area contributed by atoms with Gasteiger partial charge in [-0.2, -0.15) is 0 Å². The van der Waals surface area contributed by atoms with E-state index in [1.807, 2.05) is 13.8 Å². The van der Waals surface area contributed by atoms with Crippen molar-refractivity contribution in [3.8, 4) is 0 Å². The summed E-state index contributed by atoms with van der Waals surface area (Å²) < 4.78 is 20.5. The molecule has 0 radical (unpaired) electrons. The normalized spacial score (nSPS) is 46.2. The van der Waals surface area contributed by atoms with Crippen molar-refractivity contribution in [2.75, 3.05) is 0 Å². The van der Waals surface area contributed by atoms with Crippen LogP contribution in [-0.4, -0.2) is 42.2 Å². The zero-order valence-electron chi connectivity index (χ0n) is 15.8. The predicted molar refractivity (Wildman–Crippen MR) is 98.4 cm³/mol. The SMILES string of the molecule is CC(=O)OC1(C)CC2(OC(=O)C(C)(I)C3N[I-]3)CC3(C1)CC3(OC(C)=O)C2. The van der Waals surface area contributed by atoms with E-state index in [-0.39, 0.29) is 48.9 Å². The fourth-order valence-corrected chi connectivity index (χ4v) is 8.96. The van der Waals surface area contributed by atoms with Gasteiger partial charge in [-0.3, -0.25) is 0 Å². The first-order chi connectivity index (χ1) is 12.4. The number of ether oxygens (including phenoxy) is 3. The maximum atomic E-state index is 13.0. The number of fused-ring (bicyclic) bond motifs is 1. The molecule has 3 saturated carbocycles. The summed E-state index contributed by atoms with van der Waals surface area (Å²) in [5, 5.41) is 0. The van der Waals surface area contributed by atoms with E-state index >= 15 is 0 Å². The van der Waals surface area contributed by atoms with E-state index in [1.54, 1.807) is 0 Å². The molecule has 1 aliphatic heterocycles. The fraction of sp³-hybridized carbons (Fsp3) is 0.833. The van der Waals surface area contributed by atoms with E-state index in [9.17, 15) is 14.4 Å². The Labute approximate surface area is 182 Å². The van der Waals surface area contributed by atoms with Crippen molar-refractivity contribution in [3.63, 3.8) is 0 Å². The van der Waals surface area contributed by atoms with Crippen LogP contribution in [0.15, 0.2) is 0 Å². The van der Waals surface area contributed by atoms with Gasteiger partial charge in [0.2, 0.25) is 0 Å². The van der Waals surface area contributed by atoms with E-state index in [1.165, 1.54) is 13.8 Å². The van der Waals surface area contributed by atoms with Gasteiger partial charge < -0.3 is 0 Å². The van der Waals surface area contributed by atoms with E-state index < -0.39 is 20.2 Å². The van der Waals surface area contributed by atoms with E-state index in [0.29, 0.717) is 25.7 Å². The van der Waals surface area contributed by atoms with Crippen molar-refractivity contribution in [1.29, 1.82) is 0 Å². The number of esters is 3. The molecule has 6 atom stereocenters. The molecule has 1 N–H and O–H groups in total. The Morgan fingerprint density at radius 1 is 1.04 bits per heavy atom. The summed E-state index contributed by atoms with van der Waals surface area (Å²) in [6.07, 6.45) is 2.96. The minimum atomic E-state index is -0.757. The summed E-state index contributed by atoms with van der Waals surface area (Å²) in [4.78, 5) is 36.4. The molecular formula is C18H24I2NO6-. The molecule has 4 aliphatic rings. The summed E-state index contributed by atoms with van der Waals surface area (Å²) in [6.45, 7) is 6.61. The standard InChI is InChI=1S/C18H24I2NO6/c1-10(22)25-14(3)5-16-7-17(6-14,9-18(16,8-16)26-11(2)23)27-13(24)15(4,19)12-20-21-12/h12,21H,5-9H2,1-4H3/q-1. The minimum absolute atomic E-state index is 0.137. The van der Waals surface area contributed by atoms with Crippen molar-refractivity contribution < 1.29 is 50.1 Å². The number of hydrogen-bond donors (Lipinski definition) is 1. The van der Waals surface area contributed by atoms with Crippen molar-refractivity contribution in [2.24, 2.45) is 5.41 Å². The second-order valence-electron chi connectivity index (χ2n) is 9.02. The van der Waals surface area contributed by atoms with Gasteiger partial charge in [0.1, 0.15) is 0 Å². The Kier molecular flexibility index (Phi) is 4.42. The van der Waals surface area contributed by atoms with Gasteiger partial charge in [0, 0.05) is 0 Å². The molecule has 0 aromatic heterocycles. The molecule has 1 heterocycles. The first kappa shape index (κ1) is 20.1. The molecule has 152 valence electrons. The van der Waals surface area contributed by atoms with Crippen molar-refractivity contribution in [3.05, 3.63) is 0 Å². The van der Waals surface area contributed by atoms with Crippen LogP contribution >= 0.6 is 22.6 Å². The van der Waals surface area contributed by atoms with Crippen LogP contribution in [0.1, 0.15) is 59.8 Å². The Balaban J connectivity index is 1.63. The zero-order valence-corrected chi connectivity index (χ0v) is 20.1. The van der Waals surface area contributed by atoms with Crippen LogP contribution in [0.3, 0.4) is 0 Å². The maximum absolute atomic E-state index is 13.0. The average Bonchev–Trinajstić information content (AvgIpc) is 3.33. The summed E-state index contributed by atoms with van der Waals surface area (Å²) >= 11 is 2.04. The summed E-state index contributed by atoms with van der Waals surface area (Å²) in [7, 11) is 0. The number of rotatable bonds is 5. The van der Waals surface area contributed by atoms with Crippen molar-refractivity contribution in [2.45, 2.75) is 84.1 Å². The molecule has 7 nitrogen and oxygen atoms in total. The average molecular weight is 604 g/mol. The summed E-state index contributed by atoms with van der Waals surface area (Å²) in [5.74, 6) is -0.902. The molecule has 1 spiro atoms. The number of hydrogen-bond acceptors (Lipinski definition) is 7. The fourth-order valence-electron chi connectivity index (χ4n) is 5.67. The molecule has 4 fully saturated rings. The molecule has 27 heavy (non-hydrogen) atoms. The Hall–Kier alpha value is -0.170. The van der Waals surface area contributed by atoms with Gasteiger partial charge in [-0.15, -0.1) is 0 Å². The predicted octanol–water partition coefficient (Wildman–Crippen LogP) is -1.00. The third kappa shape index (κ3) is 3.28. The quantitative estimate of drug-likeness (QED) is 0.0818. The van der Waals surface area contributed by atoms with Crippen molar-refractivity contribution >= 4 is 40.5 Å². The van der Waals surface area contributed by atoms with Crippen LogP contribution in [0.5, 0.6) is 0 Å².